The minimum Gasteiger partial charge on any atom is -0.334 e. The molecule has 0 radical (unpaired) electrons. The fraction of sp³-hybridized carbons (Fsp3) is 0.533. The summed E-state index contributed by atoms with van der Waals surface area (Å²) in [4.78, 5) is 14.7. The maximum Gasteiger partial charge on any atom is 0.255 e. The second kappa shape index (κ2) is 7.30. The Bertz CT molecular complexity index is 473. The van der Waals surface area contributed by atoms with Gasteiger partial charge in [0.05, 0.1) is 10.6 Å². The Kier molecular flexibility index (Phi) is 5.70. The molecule has 1 aromatic carbocycles. The molecule has 5 heteroatoms. The molecule has 1 aliphatic heterocycles. The molecule has 1 atom stereocenters. The number of hydrogen-bond acceptors (Lipinski definition) is 2. The summed E-state index contributed by atoms with van der Waals surface area (Å²) in [7, 11) is 0. The summed E-state index contributed by atoms with van der Waals surface area (Å²) >= 11 is 12.1. The summed E-state index contributed by atoms with van der Waals surface area (Å²) in [6, 6.07) is 5.28. The van der Waals surface area contributed by atoms with Crippen molar-refractivity contribution in [2.24, 2.45) is 0 Å². The summed E-state index contributed by atoms with van der Waals surface area (Å²) < 4.78 is 0. The maximum absolute atomic E-state index is 12.8. The Labute approximate surface area is 130 Å². The zero-order valence-electron chi connectivity index (χ0n) is 11.7. The molecular formula is C15H20Cl2N2O. The lowest BCUT2D eigenvalue weighted by Gasteiger charge is -2.35. The quantitative estimate of drug-likeness (QED) is 0.921. The zero-order valence-corrected chi connectivity index (χ0v) is 13.2. The molecule has 0 spiro atoms. The molecular weight excluding hydrogens is 295 g/mol. The number of halogens is 2. The first-order valence-electron chi connectivity index (χ1n) is 7.10. The van der Waals surface area contributed by atoms with Crippen LogP contribution in [-0.2, 0) is 0 Å². The molecule has 1 aliphatic rings. The van der Waals surface area contributed by atoms with E-state index in [2.05, 4.69) is 12.2 Å². The van der Waals surface area contributed by atoms with Crippen molar-refractivity contribution < 1.29 is 4.79 Å². The number of amides is 1. The van der Waals surface area contributed by atoms with E-state index in [0.717, 1.165) is 38.9 Å². The Hall–Kier alpha value is -0.770. The minimum absolute atomic E-state index is 0.0203. The normalized spacial score (nSPS) is 18.9. The molecule has 20 heavy (non-hydrogen) atoms. The zero-order chi connectivity index (χ0) is 14.5. The van der Waals surface area contributed by atoms with Gasteiger partial charge < -0.3 is 10.2 Å². The van der Waals surface area contributed by atoms with Gasteiger partial charge in [-0.3, -0.25) is 4.79 Å². The van der Waals surface area contributed by atoms with E-state index in [-0.39, 0.29) is 11.9 Å². The molecule has 0 aromatic heterocycles. The standard InChI is InChI=1S/C15H20Cl2N2O/c1-2-8-19(12-4-3-7-18-10-12)15(20)13-9-11(16)5-6-14(13)17/h5-6,9,12,18H,2-4,7-8,10H2,1H3. The highest BCUT2D eigenvalue weighted by Crippen LogP contribution is 2.24. The highest BCUT2D eigenvalue weighted by molar-refractivity contribution is 6.35. The summed E-state index contributed by atoms with van der Waals surface area (Å²) in [6.07, 6.45) is 3.07. The number of carbonyl (C=O) groups is 1. The Morgan fingerprint density at radius 1 is 1.45 bits per heavy atom. The summed E-state index contributed by atoms with van der Waals surface area (Å²) in [6.45, 7) is 4.70. The van der Waals surface area contributed by atoms with Crippen molar-refractivity contribution in [3.05, 3.63) is 33.8 Å². The first-order chi connectivity index (χ1) is 9.63. The van der Waals surface area contributed by atoms with Gasteiger partial charge in [0.25, 0.3) is 5.91 Å². The van der Waals surface area contributed by atoms with Crippen LogP contribution in [0.4, 0.5) is 0 Å². The summed E-state index contributed by atoms with van der Waals surface area (Å²) in [5.74, 6) is -0.0203. The van der Waals surface area contributed by atoms with Crippen molar-refractivity contribution in [2.75, 3.05) is 19.6 Å². The van der Waals surface area contributed by atoms with Crippen molar-refractivity contribution in [2.45, 2.75) is 32.2 Å². The average molecular weight is 315 g/mol. The van der Waals surface area contributed by atoms with Gasteiger partial charge in [-0.25, -0.2) is 0 Å². The van der Waals surface area contributed by atoms with Gasteiger partial charge in [0.1, 0.15) is 0 Å². The number of carbonyl (C=O) groups excluding carboxylic acids is 1. The Morgan fingerprint density at radius 3 is 2.90 bits per heavy atom. The van der Waals surface area contributed by atoms with Crippen molar-refractivity contribution in [3.8, 4) is 0 Å². The molecule has 3 nitrogen and oxygen atoms in total. The van der Waals surface area contributed by atoms with Crippen LogP contribution in [0.25, 0.3) is 0 Å². The molecule has 0 saturated carbocycles. The highest BCUT2D eigenvalue weighted by Gasteiger charge is 2.26. The van der Waals surface area contributed by atoms with Crippen LogP contribution in [0.3, 0.4) is 0 Å². The number of nitrogens with one attached hydrogen (secondary N) is 1. The smallest absolute Gasteiger partial charge is 0.255 e. The summed E-state index contributed by atoms with van der Waals surface area (Å²) in [5, 5.41) is 4.35. The van der Waals surface area contributed by atoms with Gasteiger partial charge in [-0.1, -0.05) is 30.1 Å². The molecule has 2 rings (SSSR count). The van der Waals surface area contributed by atoms with E-state index in [1.54, 1.807) is 18.2 Å². The second-order valence-corrected chi connectivity index (χ2v) is 5.97. The van der Waals surface area contributed by atoms with E-state index in [0.29, 0.717) is 15.6 Å². The molecule has 1 heterocycles. The van der Waals surface area contributed by atoms with Crippen LogP contribution in [0.15, 0.2) is 18.2 Å². The van der Waals surface area contributed by atoms with Crippen LogP contribution in [0.5, 0.6) is 0 Å². The van der Waals surface area contributed by atoms with Gasteiger partial charge in [-0.2, -0.15) is 0 Å². The predicted molar refractivity (Wildman–Crippen MR) is 83.7 cm³/mol. The maximum atomic E-state index is 12.8. The monoisotopic (exact) mass is 314 g/mol. The van der Waals surface area contributed by atoms with E-state index >= 15 is 0 Å². The van der Waals surface area contributed by atoms with Gasteiger partial charge in [-0.15, -0.1) is 0 Å². The molecule has 110 valence electrons. The van der Waals surface area contributed by atoms with Gasteiger partial charge in [0, 0.05) is 24.2 Å². The number of hydrogen-bond donors (Lipinski definition) is 1. The third-order valence-electron chi connectivity index (χ3n) is 3.60. The second-order valence-electron chi connectivity index (χ2n) is 5.12. The highest BCUT2D eigenvalue weighted by atomic mass is 35.5. The fourth-order valence-corrected chi connectivity index (χ4v) is 2.98. The third-order valence-corrected chi connectivity index (χ3v) is 4.16. The first-order valence-corrected chi connectivity index (χ1v) is 7.85. The number of piperidine rings is 1. The van der Waals surface area contributed by atoms with Crippen LogP contribution in [0.2, 0.25) is 10.0 Å². The van der Waals surface area contributed by atoms with Gasteiger partial charge in [-0.05, 0) is 44.0 Å². The lowest BCUT2D eigenvalue weighted by atomic mass is 10.0. The average Bonchev–Trinajstić information content (AvgIpc) is 2.47. The number of nitrogens with zero attached hydrogens (tertiary/aromatic N) is 1. The lowest BCUT2D eigenvalue weighted by Crippen LogP contribution is -2.49. The predicted octanol–water partition coefficient (Wildman–Crippen LogP) is 3.60. The molecule has 1 unspecified atom stereocenters. The first kappa shape index (κ1) is 15.6. The molecule has 0 bridgehead atoms. The molecule has 1 N–H and O–H groups in total. The van der Waals surface area contributed by atoms with Crippen LogP contribution in [-0.4, -0.2) is 36.5 Å². The molecule has 1 amide bonds. The minimum atomic E-state index is -0.0203. The van der Waals surface area contributed by atoms with Gasteiger partial charge in [0.15, 0.2) is 0 Å². The van der Waals surface area contributed by atoms with Gasteiger partial charge >= 0.3 is 0 Å². The summed E-state index contributed by atoms with van der Waals surface area (Å²) in [5.41, 5.74) is 0.498. The van der Waals surface area contributed by atoms with Crippen LogP contribution in [0, 0.1) is 0 Å². The SMILES string of the molecule is CCCN(C(=O)c1cc(Cl)ccc1Cl)C1CCCNC1. The molecule has 1 aromatic rings. The van der Waals surface area contributed by atoms with E-state index in [4.69, 9.17) is 23.2 Å². The van der Waals surface area contributed by atoms with Crippen LogP contribution < -0.4 is 5.32 Å². The van der Waals surface area contributed by atoms with Crippen molar-refractivity contribution in [1.82, 2.24) is 10.2 Å². The molecule has 0 aliphatic carbocycles. The van der Waals surface area contributed by atoms with Crippen molar-refractivity contribution in [1.29, 1.82) is 0 Å². The number of rotatable bonds is 4. The topological polar surface area (TPSA) is 32.3 Å². The molecule has 1 saturated heterocycles. The van der Waals surface area contributed by atoms with E-state index < -0.39 is 0 Å². The van der Waals surface area contributed by atoms with Crippen molar-refractivity contribution >= 4 is 29.1 Å². The van der Waals surface area contributed by atoms with Crippen LogP contribution in [0.1, 0.15) is 36.5 Å². The third kappa shape index (κ3) is 3.66. The molecule has 1 fully saturated rings. The number of benzene rings is 1. The fourth-order valence-electron chi connectivity index (χ4n) is 2.61. The lowest BCUT2D eigenvalue weighted by molar-refractivity contribution is 0.0649. The van der Waals surface area contributed by atoms with Gasteiger partial charge in [0.2, 0.25) is 0 Å². The van der Waals surface area contributed by atoms with E-state index in [9.17, 15) is 4.79 Å². The van der Waals surface area contributed by atoms with Crippen LogP contribution >= 0.6 is 23.2 Å². The Morgan fingerprint density at radius 2 is 2.25 bits per heavy atom. The van der Waals surface area contributed by atoms with E-state index in [1.165, 1.54) is 0 Å². The largest absolute Gasteiger partial charge is 0.334 e. The Balaban J connectivity index is 2.23. The van der Waals surface area contributed by atoms with Crippen molar-refractivity contribution in [3.63, 3.8) is 0 Å². The van der Waals surface area contributed by atoms with E-state index in [1.807, 2.05) is 4.90 Å².